The molecule has 5 nitrogen and oxygen atoms in total. The van der Waals surface area contributed by atoms with Crippen molar-refractivity contribution in [1.29, 1.82) is 0 Å². The molecule has 0 unspecified atom stereocenters. The number of hydrogen-bond donors (Lipinski definition) is 1. The minimum Gasteiger partial charge on any atom is -0.340 e. The molecule has 1 saturated heterocycles. The first-order valence-electron chi connectivity index (χ1n) is 6.74. The van der Waals surface area contributed by atoms with Crippen LogP contribution in [0.15, 0.2) is 29.2 Å². The molecule has 0 bridgehead atoms. The molecule has 1 heterocycles. The van der Waals surface area contributed by atoms with Gasteiger partial charge in [-0.2, -0.15) is 0 Å². The maximum absolute atomic E-state index is 12.0. The summed E-state index contributed by atoms with van der Waals surface area (Å²) in [5.41, 5.74) is 0.886. The third kappa shape index (κ3) is 4.05. The van der Waals surface area contributed by atoms with Gasteiger partial charge in [-0.15, -0.1) is 0 Å². The number of rotatable bonds is 4. The molecule has 1 N–H and O–H groups in total. The van der Waals surface area contributed by atoms with E-state index in [1.807, 2.05) is 11.0 Å². The molecule has 1 aliphatic heterocycles. The van der Waals surface area contributed by atoms with Crippen molar-refractivity contribution >= 4 is 15.7 Å². The van der Waals surface area contributed by atoms with Gasteiger partial charge in [0.15, 0.2) is 9.84 Å². The van der Waals surface area contributed by atoms with Crippen LogP contribution in [0.1, 0.15) is 12.0 Å². The number of amides is 1. The Labute approximate surface area is 119 Å². The molecule has 1 aromatic rings. The zero-order chi connectivity index (χ0) is 14.6. The summed E-state index contributed by atoms with van der Waals surface area (Å²) in [5.74, 6) is 0.135. The van der Waals surface area contributed by atoms with Crippen molar-refractivity contribution in [2.45, 2.75) is 17.7 Å². The predicted octanol–water partition coefficient (Wildman–Crippen LogP) is 0.455. The lowest BCUT2D eigenvalue weighted by Gasteiger charge is -2.27. The molecule has 20 heavy (non-hydrogen) atoms. The molecule has 0 saturated carbocycles. The average molecular weight is 296 g/mol. The van der Waals surface area contributed by atoms with E-state index < -0.39 is 9.84 Å². The van der Waals surface area contributed by atoms with Crippen LogP contribution in [0.25, 0.3) is 0 Å². The molecule has 0 radical (unpaired) electrons. The third-order valence-corrected chi connectivity index (χ3v) is 4.53. The third-order valence-electron chi connectivity index (χ3n) is 3.42. The number of nitrogens with one attached hydrogen (secondary N) is 1. The summed E-state index contributed by atoms with van der Waals surface area (Å²) < 4.78 is 23.0. The van der Waals surface area contributed by atoms with Crippen molar-refractivity contribution in [2.75, 3.05) is 32.4 Å². The van der Waals surface area contributed by atoms with Crippen molar-refractivity contribution in [3.63, 3.8) is 0 Å². The van der Waals surface area contributed by atoms with Gasteiger partial charge < -0.3 is 10.2 Å². The molecule has 1 aromatic carbocycles. The van der Waals surface area contributed by atoms with Crippen molar-refractivity contribution in [1.82, 2.24) is 10.2 Å². The Bertz CT molecular complexity index is 578. The number of sulfone groups is 1. The first kappa shape index (κ1) is 15.0. The van der Waals surface area contributed by atoms with E-state index in [1.165, 1.54) is 6.26 Å². The van der Waals surface area contributed by atoms with Crippen LogP contribution in [-0.2, 0) is 21.1 Å². The van der Waals surface area contributed by atoms with E-state index in [9.17, 15) is 13.2 Å². The van der Waals surface area contributed by atoms with Gasteiger partial charge >= 0.3 is 0 Å². The van der Waals surface area contributed by atoms with Crippen molar-refractivity contribution in [2.24, 2.45) is 0 Å². The number of benzene rings is 1. The maximum atomic E-state index is 12.0. The molecule has 2 rings (SSSR count). The second-order valence-corrected chi connectivity index (χ2v) is 7.07. The Balaban J connectivity index is 1.95. The second-order valence-electron chi connectivity index (χ2n) is 5.05. The average Bonchev–Trinajstić information content (AvgIpc) is 2.45. The zero-order valence-electron chi connectivity index (χ0n) is 11.6. The molecule has 0 spiro atoms. The van der Waals surface area contributed by atoms with Crippen LogP contribution in [0.2, 0.25) is 0 Å². The van der Waals surface area contributed by atoms with E-state index >= 15 is 0 Å². The fourth-order valence-corrected chi connectivity index (χ4v) is 2.95. The number of nitrogens with zero attached hydrogens (tertiary/aromatic N) is 1. The van der Waals surface area contributed by atoms with E-state index in [0.717, 1.165) is 31.7 Å². The van der Waals surface area contributed by atoms with Crippen molar-refractivity contribution in [3.8, 4) is 0 Å². The Morgan fingerprint density at radius 3 is 2.65 bits per heavy atom. The standard InChI is InChI=1S/C14H20N2O3S/c1-20(18,19)13-4-2-3-12(11-13)5-6-14(17)16-9-7-15-8-10-16/h2-4,11,15H,5-10H2,1H3. The van der Waals surface area contributed by atoms with Gasteiger partial charge in [-0.3, -0.25) is 4.79 Å². The maximum Gasteiger partial charge on any atom is 0.222 e. The monoisotopic (exact) mass is 296 g/mol. The van der Waals surface area contributed by atoms with E-state index in [1.54, 1.807) is 18.2 Å². The van der Waals surface area contributed by atoms with Gasteiger partial charge in [0.2, 0.25) is 5.91 Å². The molecule has 0 aromatic heterocycles. The van der Waals surface area contributed by atoms with Gasteiger partial charge in [-0.05, 0) is 24.1 Å². The number of aryl methyl sites for hydroxylation is 1. The Morgan fingerprint density at radius 2 is 2.00 bits per heavy atom. The SMILES string of the molecule is CS(=O)(=O)c1cccc(CCC(=O)N2CCNCC2)c1. The lowest BCUT2D eigenvalue weighted by molar-refractivity contribution is -0.131. The minimum atomic E-state index is -3.19. The highest BCUT2D eigenvalue weighted by atomic mass is 32.2. The molecule has 1 fully saturated rings. The van der Waals surface area contributed by atoms with Crippen LogP contribution in [-0.4, -0.2) is 51.7 Å². The fourth-order valence-electron chi connectivity index (χ4n) is 2.26. The van der Waals surface area contributed by atoms with Crippen molar-refractivity contribution < 1.29 is 13.2 Å². The molecule has 110 valence electrons. The van der Waals surface area contributed by atoms with Crippen LogP contribution in [0.5, 0.6) is 0 Å². The summed E-state index contributed by atoms with van der Waals surface area (Å²) >= 11 is 0. The molecular formula is C14H20N2O3S. The summed E-state index contributed by atoms with van der Waals surface area (Å²) in [4.78, 5) is 14.2. The number of hydrogen-bond acceptors (Lipinski definition) is 4. The summed E-state index contributed by atoms with van der Waals surface area (Å²) in [7, 11) is -3.19. The van der Waals surface area contributed by atoms with Gasteiger partial charge in [0.05, 0.1) is 4.90 Å². The summed E-state index contributed by atoms with van der Waals surface area (Å²) in [6.07, 6.45) is 2.19. The number of carbonyl (C=O) groups excluding carboxylic acids is 1. The van der Waals surface area contributed by atoms with Gasteiger partial charge in [-0.25, -0.2) is 8.42 Å². The highest BCUT2D eigenvalue weighted by Gasteiger charge is 2.16. The van der Waals surface area contributed by atoms with Crippen LogP contribution < -0.4 is 5.32 Å². The van der Waals surface area contributed by atoms with Crippen LogP contribution in [0.4, 0.5) is 0 Å². The van der Waals surface area contributed by atoms with E-state index in [2.05, 4.69) is 5.32 Å². The molecule has 1 amide bonds. The highest BCUT2D eigenvalue weighted by molar-refractivity contribution is 7.90. The van der Waals surface area contributed by atoms with Crippen LogP contribution in [0.3, 0.4) is 0 Å². The second kappa shape index (κ2) is 6.37. The fraction of sp³-hybridized carbons (Fsp3) is 0.500. The Kier molecular flexibility index (Phi) is 4.77. The molecule has 6 heteroatoms. The lowest BCUT2D eigenvalue weighted by Crippen LogP contribution is -2.46. The lowest BCUT2D eigenvalue weighted by atomic mass is 10.1. The zero-order valence-corrected chi connectivity index (χ0v) is 12.4. The Morgan fingerprint density at radius 1 is 1.30 bits per heavy atom. The molecule has 0 aliphatic carbocycles. The smallest absolute Gasteiger partial charge is 0.222 e. The van der Waals surface area contributed by atoms with E-state index in [0.29, 0.717) is 17.7 Å². The Hall–Kier alpha value is -1.40. The number of carbonyl (C=O) groups is 1. The molecule has 1 aliphatic rings. The predicted molar refractivity (Wildman–Crippen MR) is 77.3 cm³/mol. The van der Waals surface area contributed by atoms with Gasteiger partial charge in [0.25, 0.3) is 0 Å². The first-order chi connectivity index (χ1) is 9.47. The van der Waals surface area contributed by atoms with Gasteiger partial charge in [0, 0.05) is 38.9 Å². The van der Waals surface area contributed by atoms with Crippen LogP contribution in [0, 0.1) is 0 Å². The van der Waals surface area contributed by atoms with E-state index in [4.69, 9.17) is 0 Å². The quantitative estimate of drug-likeness (QED) is 0.876. The number of piperazine rings is 1. The largest absolute Gasteiger partial charge is 0.340 e. The topological polar surface area (TPSA) is 66.5 Å². The van der Waals surface area contributed by atoms with E-state index in [-0.39, 0.29) is 5.91 Å². The van der Waals surface area contributed by atoms with Crippen molar-refractivity contribution in [3.05, 3.63) is 29.8 Å². The minimum absolute atomic E-state index is 0.135. The summed E-state index contributed by atoms with van der Waals surface area (Å²) in [5, 5.41) is 3.21. The van der Waals surface area contributed by atoms with Gasteiger partial charge in [0.1, 0.15) is 0 Å². The first-order valence-corrected chi connectivity index (χ1v) is 8.63. The highest BCUT2D eigenvalue weighted by Crippen LogP contribution is 2.13. The normalized spacial score (nSPS) is 16.1. The van der Waals surface area contributed by atoms with Gasteiger partial charge in [-0.1, -0.05) is 12.1 Å². The van der Waals surface area contributed by atoms with Crippen LogP contribution >= 0.6 is 0 Å². The summed E-state index contributed by atoms with van der Waals surface area (Å²) in [6.45, 7) is 3.19. The molecular weight excluding hydrogens is 276 g/mol. The summed E-state index contributed by atoms with van der Waals surface area (Å²) in [6, 6.07) is 6.82. The molecule has 0 atom stereocenters.